The van der Waals surface area contributed by atoms with E-state index >= 15 is 0 Å². The van der Waals surface area contributed by atoms with Gasteiger partial charge in [-0.2, -0.15) is 0 Å². The van der Waals surface area contributed by atoms with Gasteiger partial charge in [0.1, 0.15) is 0 Å². The minimum absolute atomic E-state index is 0. The minimum atomic E-state index is -1.32. The standard InChI is InChI=1S/C9H14O6.3Na/c10-7(11)3-1-6(5-9(14)15)2-4-8(12)13;;;/h6H,1-5H2,(H,10,11)(H,12,13)(H,14,15);;;/q;3*+1/p-3. The van der Waals surface area contributed by atoms with Crippen molar-refractivity contribution in [1.29, 1.82) is 0 Å². The molecule has 0 aromatic rings. The molecule has 0 unspecified atom stereocenters. The van der Waals surface area contributed by atoms with Crippen molar-refractivity contribution in [3.05, 3.63) is 0 Å². The zero-order chi connectivity index (χ0) is 11.8. The molecule has 0 aliphatic rings. The molecule has 0 spiro atoms. The molecule has 6 nitrogen and oxygen atoms in total. The van der Waals surface area contributed by atoms with Crippen molar-refractivity contribution < 1.29 is 118 Å². The molecule has 0 aliphatic heterocycles. The van der Waals surface area contributed by atoms with Gasteiger partial charge in [0, 0.05) is 17.9 Å². The first-order chi connectivity index (χ1) is 6.91. The Kier molecular flexibility index (Phi) is 25.3. The summed E-state index contributed by atoms with van der Waals surface area (Å²) < 4.78 is 0. The molecule has 0 saturated carbocycles. The minimum Gasteiger partial charge on any atom is -0.550 e. The second-order valence-corrected chi connectivity index (χ2v) is 3.26. The normalized spacial score (nSPS) is 8.50. The Labute approximate surface area is 172 Å². The maximum absolute atomic E-state index is 10.3. The van der Waals surface area contributed by atoms with Crippen LogP contribution >= 0.6 is 0 Å². The van der Waals surface area contributed by atoms with Crippen LogP contribution in [0.25, 0.3) is 0 Å². The van der Waals surface area contributed by atoms with Crippen LogP contribution in [0.15, 0.2) is 0 Å². The Morgan fingerprint density at radius 1 is 0.722 bits per heavy atom. The summed E-state index contributed by atoms with van der Waals surface area (Å²) in [6.45, 7) is 0. The van der Waals surface area contributed by atoms with Crippen LogP contribution in [0.4, 0.5) is 0 Å². The summed E-state index contributed by atoms with van der Waals surface area (Å²) >= 11 is 0. The number of carboxylic acids is 3. The van der Waals surface area contributed by atoms with Crippen LogP contribution in [0.3, 0.4) is 0 Å². The largest absolute Gasteiger partial charge is 1.00 e. The number of carbonyl (C=O) groups is 3. The molecule has 0 amide bonds. The fraction of sp³-hybridized carbons (Fsp3) is 0.667. The summed E-state index contributed by atoms with van der Waals surface area (Å²) in [6, 6.07) is 0. The number of carbonyl (C=O) groups excluding carboxylic acids is 3. The molecule has 0 aromatic heterocycles. The quantitative estimate of drug-likeness (QED) is 0.408. The molecular formula is C9H11Na3O6. The molecule has 86 valence electrons. The van der Waals surface area contributed by atoms with E-state index in [1.807, 2.05) is 0 Å². The fourth-order valence-electron chi connectivity index (χ4n) is 1.23. The molecule has 0 atom stereocenters. The van der Waals surface area contributed by atoms with Gasteiger partial charge in [0.2, 0.25) is 0 Å². The fourth-order valence-corrected chi connectivity index (χ4v) is 1.23. The van der Waals surface area contributed by atoms with Gasteiger partial charge in [-0.05, 0) is 38.0 Å². The molecule has 0 rings (SSSR count). The van der Waals surface area contributed by atoms with Gasteiger partial charge in [-0.3, -0.25) is 0 Å². The van der Waals surface area contributed by atoms with Gasteiger partial charge in [-0.15, -0.1) is 0 Å². The number of hydrogen-bond donors (Lipinski definition) is 0. The van der Waals surface area contributed by atoms with Crippen LogP contribution in [0.2, 0.25) is 0 Å². The average molecular weight is 284 g/mol. The summed E-state index contributed by atoms with van der Waals surface area (Å²) in [7, 11) is 0. The number of rotatable bonds is 8. The summed E-state index contributed by atoms with van der Waals surface area (Å²) in [6.07, 6.45) is -0.774. The summed E-state index contributed by atoms with van der Waals surface area (Å²) in [5.41, 5.74) is 0. The molecule has 0 aliphatic carbocycles. The zero-order valence-electron chi connectivity index (χ0n) is 11.1. The molecule has 0 fully saturated rings. The molecule has 0 bridgehead atoms. The maximum Gasteiger partial charge on any atom is 1.00 e. The van der Waals surface area contributed by atoms with Gasteiger partial charge in [0.05, 0.1) is 0 Å². The predicted molar refractivity (Wildman–Crippen MR) is 41.6 cm³/mol. The van der Waals surface area contributed by atoms with Gasteiger partial charge in [-0.1, -0.05) is 0 Å². The van der Waals surface area contributed by atoms with Gasteiger partial charge in [0.15, 0.2) is 0 Å². The Morgan fingerprint density at radius 2 is 1.06 bits per heavy atom. The SMILES string of the molecule is O=C([O-])CCC(CCC(=O)[O-])CC(=O)[O-].[Na+].[Na+].[Na+]. The van der Waals surface area contributed by atoms with E-state index in [9.17, 15) is 29.7 Å². The molecule has 0 N–H and O–H groups in total. The van der Waals surface area contributed by atoms with Crippen molar-refractivity contribution in [2.24, 2.45) is 5.92 Å². The first-order valence-corrected chi connectivity index (χ1v) is 4.51. The second kappa shape index (κ2) is 16.5. The summed E-state index contributed by atoms with van der Waals surface area (Å²) in [5.74, 6) is -4.42. The van der Waals surface area contributed by atoms with Crippen LogP contribution in [-0.4, -0.2) is 17.9 Å². The molecule has 18 heavy (non-hydrogen) atoms. The smallest absolute Gasteiger partial charge is 0.550 e. The number of hydrogen-bond acceptors (Lipinski definition) is 6. The number of aliphatic carboxylic acids is 3. The topological polar surface area (TPSA) is 120 Å². The number of carboxylic acid groups (broad SMARTS) is 3. The van der Waals surface area contributed by atoms with Gasteiger partial charge in [0.25, 0.3) is 0 Å². The third kappa shape index (κ3) is 19.7. The first-order valence-electron chi connectivity index (χ1n) is 4.51. The van der Waals surface area contributed by atoms with Crippen LogP contribution in [0.5, 0.6) is 0 Å². The summed E-state index contributed by atoms with van der Waals surface area (Å²) in [5, 5.41) is 30.5. The van der Waals surface area contributed by atoms with E-state index in [-0.39, 0.29) is 121 Å². The zero-order valence-corrected chi connectivity index (χ0v) is 17.1. The Hall–Kier alpha value is 1.41. The molecule has 0 aromatic carbocycles. The van der Waals surface area contributed by atoms with E-state index < -0.39 is 23.8 Å². The van der Waals surface area contributed by atoms with E-state index in [0.29, 0.717) is 0 Å². The first kappa shape index (κ1) is 27.7. The van der Waals surface area contributed by atoms with E-state index in [1.54, 1.807) is 0 Å². The molecule has 0 heterocycles. The molecular weight excluding hydrogens is 273 g/mol. The van der Waals surface area contributed by atoms with E-state index in [1.165, 1.54) is 0 Å². The maximum atomic E-state index is 10.3. The average Bonchev–Trinajstić information content (AvgIpc) is 2.08. The third-order valence-corrected chi connectivity index (χ3v) is 1.97. The van der Waals surface area contributed by atoms with Crippen molar-refractivity contribution in [2.45, 2.75) is 32.1 Å². The van der Waals surface area contributed by atoms with Gasteiger partial charge < -0.3 is 29.7 Å². The molecule has 9 heteroatoms. The summed E-state index contributed by atoms with van der Waals surface area (Å²) in [4.78, 5) is 30.5. The Bertz CT molecular complexity index is 241. The van der Waals surface area contributed by atoms with E-state index in [0.717, 1.165) is 0 Å². The van der Waals surface area contributed by atoms with Gasteiger partial charge in [-0.25, -0.2) is 0 Å². The predicted octanol–water partition coefficient (Wildman–Crippen LogP) is -12.2. The van der Waals surface area contributed by atoms with Crippen LogP contribution in [0.1, 0.15) is 32.1 Å². The van der Waals surface area contributed by atoms with Gasteiger partial charge >= 0.3 is 88.7 Å². The monoisotopic (exact) mass is 284 g/mol. The molecule has 0 saturated heterocycles. The van der Waals surface area contributed by atoms with Crippen molar-refractivity contribution in [3.8, 4) is 0 Å². The molecule has 0 radical (unpaired) electrons. The Morgan fingerprint density at radius 3 is 1.28 bits per heavy atom. The van der Waals surface area contributed by atoms with Crippen molar-refractivity contribution in [3.63, 3.8) is 0 Å². The second-order valence-electron chi connectivity index (χ2n) is 3.26. The Balaban J connectivity index is -0.000000327. The van der Waals surface area contributed by atoms with Crippen LogP contribution in [-0.2, 0) is 14.4 Å². The third-order valence-electron chi connectivity index (χ3n) is 1.97. The van der Waals surface area contributed by atoms with Crippen molar-refractivity contribution in [1.82, 2.24) is 0 Å². The van der Waals surface area contributed by atoms with Crippen LogP contribution < -0.4 is 104 Å². The van der Waals surface area contributed by atoms with E-state index in [2.05, 4.69) is 0 Å². The van der Waals surface area contributed by atoms with Crippen molar-refractivity contribution >= 4 is 17.9 Å². The van der Waals surface area contributed by atoms with E-state index in [4.69, 9.17) is 0 Å². The van der Waals surface area contributed by atoms with Crippen molar-refractivity contribution in [2.75, 3.05) is 0 Å². The van der Waals surface area contributed by atoms with Crippen LogP contribution in [0, 0.1) is 5.92 Å².